The van der Waals surface area contributed by atoms with Crippen LogP contribution in [0, 0.1) is 0 Å². The number of hydrogen-bond acceptors (Lipinski definition) is 6. The van der Waals surface area contributed by atoms with E-state index in [0.717, 1.165) is 19.5 Å². The van der Waals surface area contributed by atoms with Crippen molar-refractivity contribution in [3.05, 3.63) is 35.9 Å². The second-order valence-corrected chi connectivity index (χ2v) is 4.82. The summed E-state index contributed by atoms with van der Waals surface area (Å²) in [6, 6.07) is 10.8. The highest BCUT2D eigenvalue weighted by Crippen LogP contribution is 2.29. The van der Waals surface area contributed by atoms with Gasteiger partial charge in [0.15, 0.2) is 0 Å². The zero-order valence-electron chi connectivity index (χ0n) is 11.4. The van der Waals surface area contributed by atoms with Crippen molar-refractivity contribution in [2.24, 2.45) is 0 Å². The van der Waals surface area contributed by atoms with Gasteiger partial charge in [-0.15, -0.1) is 0 Å². The molecule has 2 aromatic rings. The van der Waals surface area contributed by atoms with Gasteiger partial charge in [-0.25, -0.2) is 0 Å². The van der Waals surface area contributed by atoms with Gasteiger partial charge in [-0.3, -0.25) is 0 Å². The molecule has 0 spiro atoms. The summed E-state index contributed by atoms with van der Waals surface area (Å²) in [4.78, 5) is 14.5. The lowest BCUT2D eigenvalue weighted by Crippen LogP contribution is -2.22. The summed E-state index contributed by atoms with van der Waals surface area (Å²) in [5.74, 6) is 1.28. The highest BCUT2D eigenvalue weighted by molar-refractivity contribution is 5.39. The number of ether oxygens (including phenoxy) is 1. The van der Waals surface area contributed by atoms with Crippen LogP contribution in [0.15, 0.2) is 30.3 Å². The first kappa shape index (κ1) is 12.7. The molecule has 0 aliphatic carbocycles. The molecule has 1 atom stereocenters. The van der Waals surface area contributed by atoms with Gasteiger partial charge in [0.1, 0.15) is 0 Å². The standard InChI is InChI=1S/C14H17N5O/c1-20-14-17-12(15)16-13(18-14)19-8-7-11(9-19)10-5-3-2-4-6-10/h2-6,11H,7-9H2,1H3,(H2,15,16,17,18). The number of anilines is 2. The summed E-state index contributed by atoms with van der Waals surface area (Å²) in [7, 11) is 1.52. The zero-order chi connectivity index (χ0) is 13.9. The molecular weight excluding hydrogens is 254 g/mol. The molecule has 1 aliphatic heterocycles. The summed E-state index contributed by atoms with van der Waals surface area (Å²) in [5, 5.41) is 0. The van der Waals surface area contributed by atoms with Crippen LogP contribution < -0.4 is 15.4 Å². The van der Waals surface area contributed by atoms with E-state index in [-0.39, 0.29) is 12.0 Å². The Balaban J connectivity index is 1.79. The Bertz CT molecular complexity index is 589. The average Bonchev–Trinajstić information content (AvgIpc) is 2.97. The third kappa shape index (κ3) is 2.49. The monoisotopic (exact) mass is 271 g/mol. The number of rotatable bonds is 3. The average molecular weight is 271 g/mol. The molecule has 20 heavy (non-hydrogen) atoms. The van der Waals surface area contributed by atoms with Crippen LogP contribution in [0.3, 0.4) is 0 Å². The molecule has 104 valence electrons. The van der Waals surface area contributed by atoms with Gasteiger partial charge in [-0.2, -0.15) is 15.0 Å². The number of nitrogen functional groups attached to an aromatic ring is 1. The van der Waals surface area contributed by atoms with Crippen LogP contribution in [0.25, 0.3) is 0 Å². The first-order valence-electron chi connectivity index (χ1n) is 6.61. The Labute approximate surface area is 117 Å². The predicted molar refractivity (Wildman–Crippen MR) is 76.8 cm³/mol. The topological polar surface area (TPSA) is 77.2 Å². The Morgan fingerprint density at radius 3 is 2.75 bits per heavy atom. The molecular formula is C14H17N5O. The molecule has 1 saturated heterocycles. The fourth-order valence-electron chi connectivity index (χ4n) is 2.53. The Morgan fingerprint density at radius 2 is 2.00 bits per heavy atom. The van der Waals surface area contributed by atoms with E-state index in [2.05, 4.69) is 44.1 Å². The van der Waals surface area contributed by atoms with Crippen molar-refractivity contribution in [1.82, 2.24) is 15.0 Å². The highest BCUT2D eigenvalue weighted by Gasteiger charge is 2.26. The van der Waals surface area contributed by atoms with E-state index >= 15 is 0 Å². The van der Waals surface area contributed by atoms with Crippen LogP contribution in [0.5, 0.6) is 6.01 Å². The van der Waals surface area contributed by atoms with Gasteiger partial charge in [0, 0.05) is 19.0 Å². The number of methoxy groups -OCH3 is 1. The lowest BCUT2D eigenvalue weighted by Gasteiger charge is -2.16. The fraction of sp³-hybridized carbons (Fsp3) is 0.357. The van der Waals surface area contributed by atoms with Crippen LogP contribution in [0.2, 0.25) is 0 Å². The number of aromatic nitrogens is 3. The van der Waals surface area contributed by atoms with Gasteiger partial charge >= 0.3 is 6.01 Å². The second kappa shape index (κ2) is 5.32. The third-order valence-electron chi connectivity index (χ3n) is 3.55. The molecule has 1 aromatic carbocycles. The van der Waals surface area contributed by atoms with Gasteiger partial charge < -0.3 is 15.4 Å². The highest BCUT2D eigenvalue weighted by atomic mass is 16.5. The summed E-state index contributed by atoms with van der Waals surface area (Å²) in [6.45, 7) is 1.79. The Hall–Kier alpha value is -2.37. The summed E-state index contributed by atoms with van der Waals surface area (Å²) in [6.07, 6.45) is 1.08. The van der Waals surface area contributed by atoms with Crippen molar-refractivity contribution >= 4 is 11.9 Å². The molecule has 2 N–H and O–H groups in total. The van der Waals surface area contributed by atoms with E-state index in [1.54, 1.807) is 0 Å². The van der Waals surface area contributed by atoms with Gasteiger partial charge in [-0.05, 0) is 12.0 Å². The number of hydrogen-bond donors (Lipinski definition) is 1. The van der Waals surface area contributed by atoms with Crippen LogP contribution >= 0.6 is 0 Å². The molecule has 0 radical (unpaired) electrons. The maximum absolute atomic E-state index is 5.68. The van der Waals surface area contributed by atoms with Crippen molar-refractivity contribution in [3.63, 3.8) is 0 Å². The second-order valence-electron chi connectivity index (χ2n) is 4.82. The Morgan fingerprint density at radius 1 is 1.20 bits per heavy atom. The first-order valence-corrected chi connectivity index (χ1v) is 6.61. The van der Waals surface area contributed by atoms with Crippen molar-refractivity contribution in [2.75, 3.05) is 30.8 Å². The molecule has 1 aliphatic rings. The molecule has 2 heterocycles. The van der Waals surface area contributed by atoms with Crippen molar-refractivity contribution in [3.8, 4) is 6.01 Å². The van der Waals surface area contributed by atoms with E-state index < -0.39 is 0 Å². The minimum absolute atomic E-state index is 0.190. The molecule has 1 fully saturated rings. The van der Waals surface area contributed by atoms with Crippen molar-refractivity contribution in [2.45, 2.75) is 12.3 Å². The molecule has 1 unspecified atom stereocenters. The van der Waals surface area contributed by atoms with Crippen LogP contribution in [-0.2, 0) is 0 Å². The molecule has 6 heteroatoms. The Kier molecular flexibility index (Phi) is 3.37. The molecule has 1 aromatic heterocycles. The van der Waals surface area contributed by atoms with Crippen LogP contribution in [-0.4, -0.2) is 35.2 Å². The normalized spacial score (nSPS) is 18.2. The zero-order valence-corrected chi connectivity index (χ0v) is 11.4. The number of nitrogens with two attached hydrogens (primary N) is 1. The van der Waals surface area contributed by atoms with E-state index in [4.69, 9.17) is 10.5 Å². The van der Waals surface area contributed by atoms with Gasteiger partial charge in [0.05, 0.1) is 7.11 Å². The summed E-state index contributed by atoms with van der Waals surface area (Å²) >= 11 is 0. The minimum Gasteiger partial charge on any atom is -0.467 e. The first-order chi connectivity index (χ1) is 9.76. The fourth-order valence-corrected chi connectivity index (χ4v) is 2.53. The summed E-state index contributed by atoms with van der Waals surface area (Å²) < 4.78 is 5.04. The van der Waals surface area contributed by atoms with Crippen molar-refractivity contribution < 1.29 is 4.74 Å². The van der Waals surface area contributed by atoms with Crippen LogP contribution in [0.4, 0.5) is 11.9 Å². The quantitative estimate of drug-likeness (QED) is 0.910. The number of nitrogens with zero attached hydrogens (tertiary/aromatic N) is 4. The van der Waals surface area contributed by atoms with Gasteiger partial charge in [0.25, 0.3) is 0 Å². The van der Waals surface area contributed by atoms with E-state index in [9.17, 15) is 0 Å². The van der Waals surface area contributed by atoms with E-state index in [0.29, 0.717) is 11.9 Å². The minimum atomic E-state index is 0.190. The maximum Gasteiger partial charge on any atom is 0.322 e. The largest absolute Gasteiger partial charge is 0.467 e. The van der Waals surface area contributed by atoms with Gasteiger partial charge in [0.2, 0.25) is 11.9 Å². The molecule has 0 saturated carbocycles. The molecule has 6 nitrogen and oxygen atoms in total. The smallest absolute Gasteiger partial charge is 0.322 e. The van der Waals surface area contributed by atoms with E-state index in [1.165, 1.54) is 12.7 Å². The predicted octanol–water partition coefficient (Wildman–Crippen LogP) is 1.46. The third-order valence-corrected chi connectivity index (χ3v) is 3.55. The molecule has 0 amide bonds. The lowest BCUT2D eigenvalue weighted by molar-refractivity contribution is 0.379. The number of benzene rings is 1. The van der Waals surface area contributed by atoms with Crippen LogP contribution in [0.1, 0.15) is 17.9 Å². The van der Waals surface area contributed by atoms with Crippen molar-refractivity contribution in [1.29, 1.82) is 0 Å². The molecule has 3 rings (SSSR count). The SMILES string of the molecule is COc1nc(N)nc(N2CCC(c3ccccc3)C2)n1. The summed E-state index contributed by atoms with van der Waals surface area (Å²) in [5.41, 5.74) is 7.03. The van der Waals surface area contributed by atoms with Gasteiger partial charge in [-0.1, -0.05) is 30.3 Å². The maximum atomic E-state index is 5.68. The van der Waals surface area contributed by atoms with E-state index in [1.807, 2.05) is 6.07 Å². The lowest BCUT2D eigenvalue weighted by atomic mass is 9.99. The molecule has 0 bridgehead atoms.